The van der Waals surface area contributed by atoms with Gasteiger partial charge in [-0.15, -0.1) is 0 Å². The molecule has 7 heteroatoms. The highest BCUT2D eigenvalue weighted by molar-refractivity contribution is 5.83. The number of hydrogen-bond donors (Lipinski definition) is 1. The van der Waals surface area contributed by atoms with Crippen LogP contribution in [0, 0.1) is 0 Å². The van der Waals surface area contributed by atoms with Crippen molar-refractivity contribution < 1.29 is 33.7 Å². The summed E-state index contributed by atoms with van der Waals surface area (Å²) < 4.78 is 14.9. The average Bonchev–Trinajstić information content (AvgIpc) is 2.51. The van der Waals surface area contributed by atoms with E-state index in [1.807, 2.05) is 0 Å². The fourth-order valence-electron chi connectivity index (χ4n) is 1.38. The number of aliphatic hydroxyl groups is 1. The van der Waals surface area contributed by atoms with E-state index in [1.54, 1.807) is 20.8 Å². The van der Waals surface area contributed by atoms with Crippen LogP contribution in [0.1, 0.15) is 20.8 Å². The lowest BCUT2D eigenvalue weighted by Crippen LogP contribution is -2.48. The van der Waals surface area contributed by atoms with Crippen molar-refractivity contribution in [3.8, 4) is 0 Å². The summed E-state index contributed by atoms with van der Waals surface area (Å²) in [5.41, 5.74) is -1.68. The van der Waals surface area contributed by atoms with Gasteiger partial charge in [0.15, 0.2) is 0 Å². The van der Waals surface area contributed by atoms with E-state index < -0.39 is 43.3 Å². The van der Waals surface area contributed by atoms with Gasteiger partial charge in [-0.05, 0) is 20.8 Å². The van der Waals surface area contributed by atoms with Crippen LogP contribution < -0.4 is 0 Å². The average molecular weight is 326 g/mol. The molecule has 1 N–H and O–H groups in total. The molecule has 0 aromatic rings. The number of carbonyl (C=O) groups excluding carboxylic acids is 3. The topological polar surface area (TPSA) is 99.1 Å². The first-order valence-corrected chi connectivity index (χ1v) is 6.98. The van der Waals surface area contributed by atoms with Crippen molar-refractivity contribution in [3.05, 3.63) is 36.5 Å². The summed E-state index contributed by atoms with van der Waals surface area (Å²) in [5, 5.41) is 9.56. The van der Waals surface area contributed by atoms with E-state index in [-0.39, 0.29) is 0 Å². The highest BCUT2D eigenvalue weighted by Crippen LogP contribution is 2.14. The predicted molar refractivity (Wildman–Crippen MR) is 82.3 cm³/mol. The Morgan fingerprint density at radius 2 is 1.22 bits per heavy atom. The first-order valence-electron chi connectivity index (χ1n) is 6.98. The van der Waals surface area contributed by atoms with Gasteiger partial charge < -0.3 is 19.3 Å². The van der Waals surface area contributed by atoms with Crippen LogP contribution in [-0.2, 0) is 28.6 Å². The van der Waals surface area contributed by atoms with Crippen LogP contribution in [0.5, 0.6) is 0 Å². The number of ether oxygens (including phenoxy) is 3. The number of rotatable bonds is 9. The molecule has 0 atom stereocenters. The third-order valence-electron chi connectivity index (χ3n) is 2.47. The molecular weight excluding hydrogens is 304 g/mol. The van der Waals surface area contributed by atoms with Gasteiger partial charge in [0.05, 0.1) is 6.61 Å². The molecule has 0 aliphatic carbocycles. The second-order valence-corrected chi connectivity index (χ2v) is 4.48. The number of carbonyl (C=O) groups is 3. The van der Waals surface area contributed by atoms with Crippen molar-refractivity contribution in [1.29, 1.82) is 0 Å². The molecular formula is C16H22O7. The Morgan fingerprint density at radius 1 is 0.826 bits per heavy atom. The zero-order chi connectivity index (χ0) is 17.7. The molecule has 23 heavy (non-hydrogen) atoms. The molecule has 0 unspecified atom stereocenters. The molecule has 0 radical (unpaired) electrons. The summed E-state index contributed by atoms with van der Waals surface area (Å²) in [4.78, 5) is 34.4. The van der Waals surface area contributed by atoms with Gasteiger partial charge >= 0.3 is 17.9 Å². The number of allylic oxidation sites excluding steroid dienone is 3. The summed E-state index contributed by atoms with van der Waals surface area (Å²) in [5.74, 6) is -2.11. The number of hydrogen-bond acceptors (Lipinski definition) is 7. The Morgan fingerprint density at radius 3 is 1.57 bits per heavy atom. The lowest BCUT2D eigenvalue weighted by atomic mass is 10.1. The molecule has 7 nitrogen and oxygen atoms in total. The van der Waals surface area contributed by atoms with E-state index in [9.17, 15) is 19.5 Å². The maximum Gasteiger partial charge on any atom is 0.331 e. The van der Waals surface area contributed by atoms with Gasteiger partial charge in [0.25, 0.3) is 0 Å². The van der Waals surface area contributed by atoms with Crippen LogP contribution in [0.3, 0.4) is 0 Å². The zero-order valence-corrected chi connectivity index (χ0v) is 13.5. The summed E-state index contributed by atoms with van der Waals surface area (Å²) in [6.07, 6.45) is 7.86. The molecule has 0 saturated carbocycles. The molecule has 0 fully saturated rings. The Balaban J connectivity index is 5.07. The summed E-state index contributed by atoms with van der Waals surface area (Å²) in [6.45, 7) is 3.26. The smallest absolute Gasteiger partial charge is 0.331 e. The van der Waals surface area contributed by atoms with Crippen LogP contribution >= 0.6 is 0 Å². The van der Waals surface area contributed by atoms with Gasteiger partial charge in [-0.2, -0.15) is 0 Å². The maximum absolute atomic E-state index is 11.6. The molecule has 0 bridgehead atoms. The van der Waals surface area contributed by atoms with E-state index in [0.29, 0.717) is 0 Å². The quantitative estimate of drug-likeness (QED) is 0.384. The molecule has 0 rings (SSSR count). The van der Waals surface area contributed by atoms with E-state index in [1.165, 1.54) is 30.4 Å². The van der Waals surface area contributed by atoms with E-state index >= 15 is 0 Å². The normalized spacial score (nSPS) is 12.0. The molecule has 0 amide bonds. The minimum absolute atomic E-state index is 0.459. The maximum atomic E-state index is 11.6. The Bertz CT molecular complexity index is 461. The van der Waals surface area contributed by atoms with Crippen LogP contribution in [0.2, 0.25) is 0 Å². The highest BCUT2D eigenvalue weighted by atomic mass is 16.6. The third-order valence-corrected chi connectivity index (χ3v) is 2.47. The molecule has 0 aliphatic rings. The molecule has 0 spiro atoms. The van der Waals surface area contributed by atoms with Crippen LogP contribution in [0.4, 0.5) is 0 Å². The second-order valence-electron chi connectivity index (χ2n) is 4.48. The van der Waals surface area contributed by atoms with E-state index in [2.05, 4.69) is 0 Å². The van der Waals surface area contributed by atoms with Gasteiger partial charge in [0, 0.05) is 18.2 Å². The first kappa shape index (κ1) is 20.6. The first-order chi connectivity index (χ1) is 10.9. The van der Waals surface area contributed by atoms with Gasteiger partial charge in [-0.1, -0.05) is 18.2 Å². The molecule has 0 aliphatic heterocycles. The summed E-state index contributed by atoms with van der Waals surface area (Å²) in [6, 6.07) is 0. The Hall–Kier alpha value is -2.41. The largest absolute Gasteiger partial charge is 0.458 e. The predicted octanol–water partition coefficient (Wildman–Crippen LogP) is 1.08. The fourth-order valence-corrected chi connectivity index (χ4v) is 1.38. The molecule has 0 heterocycles. The van der Waals surface area contributed by atoms with E-state index in [4.69, 9.17) is 14.2 Å². The monoisotopic (exact) mass is 326 g/mol. The number of aliphatic hydroxyl groups excluding tert-OH is 1. The fraction of sp³-hybridized carbons (Fsp3) is 0.438. The minimum Gasteiger partial charge on any atom is -0.458 e. The molecule has 0 saturated heterocycles. The van der Waals surface area contributed by atoms with Crippen LogP contribution in [-0.4, -0.2) is 48.4 Å². The van der Waals surface area contributed by atoms with Crippen molar-refractivity contribution in [1.82, 2.24) is 0 Å². The van der Waals surface area contributed by atoms with E-state index in [0.717, 1.165) is 6.08 Å². The van der Waals surface area contributed by atoms with Crippen molar-refractivity contribution in [2.45, 2.75) is 26.4 Å². The lowest BCUT2D eigenvalue weighted by Gasteiger charge is -2.29. The van der Waals surface area contributed by atoms with Crippen LogP contribution in [0.15, 0.2) is 36.5 Å². The van der Waals surface area contributed by atoms with Gasteiger partial charge in [-0.25, -0.2) is 14.4 Å². The zero-order valence-electron chi connectivity index (χ0n) is 13.5. The molecule has 128 valence electrons. The van der Waals surface area contributed by atoms with Gasteiger partial charge in [0.2, 0.25) is 5.60 Å². The second kappa shape index (κ2) is 11.2. The van der Waals surface area contributed by atoms with Gasteiger partial charge in [0.1, 0.15) is 13.2 Å². The van der Waals surface area contributed by atoms with Crippen molar-refractivity contribution in [3.63, 3.8) is 0 Å². The van der Waals surface area contributed by atoms with Crippen molar-refractivity contribution in [2.24, 2.45) is 0 Å². The third kappa shape index (κ3) is 8.57. The van der Waals surface area contributed by atoms with Gasteiger partial charge in [-0.3, -0.25) is 0 Å². The van der Waals surface area contributed by atoms with Crippen molar-refractivity contribution in [2.75, 3.05) is 19.8 Å². The summed E-state index contributed by atoms with van der Waals surface area (Å²) >= 11 is 0. The standard InChI is InChI=1S/C16H22O7/c1-4-7-13(18)21-11-16(10-17,23-15(20)9-6-3)12-22-14(19)8-5-2/h4-9,17H,10-12H2,1-3H3/b7-4+,8-5+,9-6+. The van der Waals surface area contributed by atoms with Crippen molar-refractivity contribution >= 4 is 17.9 Å². The minimum atomic E-state index is -1.68. The SMILES string of the molecule is C/C=C/C(=O)OCC(CO)(COC(=O)/C=C/C)OC(=O)/C=C/C. The van der Waals surface area contributed by atoms with Crippen LogP contribution in [0.25, 0.3) is 0 Å². The highest BCUT2D eigenvalue weighted by Gasteiger charge is 2.37. The summed E-state index contributed by atoms with van der Waals surface area (Å²) in [7, 11) is 0. The number of esters is 3. The lowest BCUT2D eigenvalue weighted by molar-refractivity contribution is -0.184. The molecule has 0 aromatic heterocycles. The Labute approximate surface area is 135 Å². The Kier molecular flexibility index (Phi) is 10.0. The molecule has 0 aromatic carbocycles.